The first-order valence-electron chi connectivity index (χ1n) is 7.97. The maximum Gasteiger partial charge on any atom is 0.225 e. The Morgan fingerprint density at radius 2 is 1.95 bits per heavy atom. The van der Waals surface area contributed by atoms with E-state index in [1.165, 1.54) is 0 Å². The smallest absolute Gasteiger partial charge is 0.225 e. The summed E-state index contributed by atoms with van der Waals surface area (Å²) in [6, 6.07) is 0.0182. The number of carbonyl (C=O) groups excluding carboxylic acids is 2. The van der Waals surface area contributed by atoms with Crippen LogP contribution < -0.4 is 5.32 Å². The molecule has 122 valence electrons. The first kappa shape index (κ1) is 18.0. The molecule has 0 aromatic carbocycles. The fraction of sp³-hybridized carbons (Fsp3) is 0.875. The van der Waals surface area contributed by atoms with Gasteiger partial charge in [0.05, 0.1) is 0 Å². The lowest BCUT2D eigenvalue weighted by Gasteiger charge is -2.39. The molecule has 1 aliphatic heterocycles. The van der Waals surface area contributed by atoms with Crippen LogP contribution in [0.15, 0.2) is 0 Å². The number of nitrogens with one attached hydrogen (secondary N) is 1. The van der Waals surface area contributed by atoms with Gasteiger partial charge in [-0.05, 0) is 25.2 Å². The molecule has 2 amide bonds. The number of amides is 2. The molecule has 0 saturated carbocycles. The van der Waals surface area contributed by atoms with Crippen LogP contribution in [0.1, 0.15) is 53.4 Å². The highest BCUT2D eigenvalue weighted by molar-refractivity contribution is 5.82. The second-order valence-electron chi connectivity index (χ2n) is 7.04. The quantitative estimate of drug-likeness (QED) is 0.809. The summed E-state index contributed by atoms with van der Waals surface area (Å²) in [6.45, 7) is 9.06. The average Bonchev–Trinajstić information content (AvgIpc) is 2.42. The van der Waals surface area contributed by atoms with Crippen molar-refractivity contribution in [3.05, 3.63) is 0 Å². The zero-order valence-electron chi connectivity index (χ0n) is 13.8. The van der Waals surface area contributed by atoms with Crippen LogP contribution in [0, 0.1) is 11.3 Å². The maximum atomic E-state index is 12.1. The molecule has 0 spiro atoms. The highest BCUT2D eigenvalue weighted by atomic mass is 16.3. The van der Waals surface area contributed by atoms with E-state index in [0.717, 1.165) is 25.8 Å². The number of hydrogen-bond donors (Lipinski definition) is 2. The lowest BCUT2D eigenvalue weighted by Crippen LogP contribution is -2.54. The molecule has 21 heavy (non-hydrogen) atoms. The molecule has 5 nitrogen and oxygen atoms in total. The number of carbonyl (C=O) groups is 2. The van der Waals surface area contributed by atoms with Crippen LogP contribution in [-0.2, 0) is 9.59 Å². The van der Waals surface area contributed by atoms with E-state index in [2.05, 4.69) is 5.32 Å². The van der Waals surface area contributed by atoms with Gasteiger partial charge in [0.2, 0.25) is 11.8 Å². The van der Waals surface area contributed by atoms with Gasteiger partial charge in [-0.2, -0.15) is 0 Å². The molecular weight excluding hydrogens is 268 g/mol. The molecule has 2 atom stereocenters. The van der Waals surface area contributed by atoms with Crippen molar-refractivity contribution in [3.63, 3.8) is 0 Å². The maximum absolute atomic E-state index is 12.1. The molecule has 0 radical (unpaired) electrons. The van der Waals surface area contributed by atoms with Crippen LogP contribution in [-0.4, -0.2) is 47.6 Å². The van der Waals surface area contributed by atoms with Gasteiger partial charge < -0.3 is 15.3 Å². The summed E-state index contributed by atoms with van der Waals surface area (Å²) in [5, 5.41) is 12.1. The minimum Gasteiger partial charge on any atom is -0.396 e. The molecule has 1 heterocycles. The first-order valence-corrected chi connectivity index (χ1v) is 7.97. The number of aliphatic hydroxyl groups is 1. The van der Waals surface area contributed by atoms with E-state index in [-0.39, 0.29) is 24.5 Å². The summed E-state index contributed by atoms with van der Waals surface area (Å²) in [4.78, 5) is 26.0. The Kier molecular flexibility index (Phi) is 6.65. The third kappa shape index (κ3) is 5.65. The zero-order chi connectivity index (χ0) is 16.0. The van der Waals surface area contributed by atoms with Crippen LogP contribution >= 0.6 is 0 Å². The number of rotatable bonds is 5. The normalized spacial score (nSPS) is 23.0. The van der Waals surface area contributed by atoms with E-state index in [1.807, 2.05) is 32.6 Å². The number of likely N-dealkylation sites (tertiary alicyclic amines) is 1. The third-order valence-electron chi connectivity index (χ3n) is 3.98. The number of aliphatic hydroxyl groups excluding tert-OH is 1. The predicted molar refractivity (Wildman–Crippen MR) is 82.7 cm³/mol. The SMILES string of the molecule is CCC(=O)N1CC(CCCO)CC(NC(=O)C(C)(C)C)C1. The molecule has 1 saturated heterocycles. The van der Waals surface area contributed by atoms with E-state index in [1.54, 1.807) is 0 Å². The highest BCUT2D eigenvalue weighted by Gasteiger charge is 2.32. The standard InChI is InChI=1S/C16H30N2O3/c1-5-14(20)18-10-12(7-6-8-19)9-13(11-18)17-15(21)16(2,3)4/h12-13,19H,5-11H2,1-4H3,(H,17,21). The van der Waals surface area contributed by atoms with Gasteiger partial charge in [-0.25, -0.2) is 0 Å². The van der Waals surface area contributed by atoms with Gasteiger partial charge in [-0.3, -0.25) is 9.59 Å². The molecule has 1 aliphatic rings. The minimum atomic E-state index is -0.419. The fourth-order valence-corrected chi connectivity index (χ4v) is 2.73. The van der Waals surface area contributed by atoms with Crippen molar-refractivity contribution in [2.45, 2.75) is 59.4 Å². The second kappa shape index (κ2) is 7.78. The van der Waals surface area contributed by atoms with Crippen LogP contribution in [0.4, 0.5) is 0 Å². The minimum absolute atomic E-state index is 0.0182. The Balaban J connectivity index is 2.69. The zero-order valence-corrected chi connectivity index (χ0v) is 13.8. The van der Waals surface area contributed by atoms with E-state index < -0.39 is 5.41 Å². The van der Waals surface area contributed by atoms with Crippen LogP contribution in [0.5, 0.6) is 0 Å². The second-order valence-corrected chi connectivity index (χ2v) is 7.04. The summed E-state index contributed by atoms with van der Waals surface area (Å²) in [5.74, 6) is 0.518. The summed E-state index contributed by atoms with van der Waals surface area (Å²) in [5.41, 5.74) is -0.419. The monoisotopic (exact) mass is 298 g/mol. The Bertz CT molecular complexity index is 363. The van der Waals surface area contributed by atoms with Crippen LogP contribution in [0.2, 0.25) is 0 Å². The van der Waals surface area contributed by atoms with Gasteiger partial charge in [-0.1, -0.05) is 27.7 Å². The van der Waals surface area contributed by atoms with E-state index in [4.69, 9.17) is 5.11 Å². The van der Waals surface area contributed by atoms with Gasteiger partial charge in [0.15, 0.2) is 0 Å². The molecule has 0 aromatic heterocycles. The molecular formula is C16H30N2O3. The van der Waals surface area contributed by atoms with Gasteiger partial charge in [0.1, 0.15) is 0 Å². The summed E-state index contributed by atoms with van der Waals surface area (Å²) in [7, 11) is 0. The summed E-state index contributed by atoms with van der Waals surface area (Å²) < 4.78 is 0. The van der Waals surface area contributed by atoms with Gasteiger partial charge >= 0.3 is 0 Å². The average molecular weight is 298 g/mol. The van der Waals surface area contributed by atoms with Crippen molar-refractivity contribution in [1.29, 1.82) is 0 Å². The van der Waals surface area contributed by atoms with Gasteiger partial charge in [0, 0.05) is 37.6 Å². The van der Waals surface area contributed by atoms with Gasteiger partial charge in [-0.15, -0.1) is 0 Å². The van der Waals surface area contributed by atoms with Crippen molar-refractivity contribution < 1.29 is 14.7 Å². The molecule has 0 aliphatic carbocycles. The number of hydrogen-bond acceptors (Lipinski definition) is 3. The fourth-order valence-electron chi connectivity index (χ4n) is 2.73. The summed E-state index contributed by atoms with van der Waals surface area (Å²) in [6.07, 6.45) is 3.02. The molecule has 1 rings (SSSR count). The predicted octanol–water partition coefficient (Wildman–Crippen LogP) is 1.55. The molecule has 5 heteroatoms. The van der Waals surface area contributed by atoms with E-state index in [9.17, 15) is 9.59 Å². The van der Waals surface area contributed by atoms with Crippen molar-refractivity contribution in [2.24, 2.45) is 11.3 Å². The molecule has 0 aromatic rings. The molecule has 2 N–H and O–H groups in total. The first-order chi connectivity index (χ1) is 9.77. The van der Waals surface area contributed by atoms with E-state index in [0.29, 0.717) is 18.9 Å². The third-order valence-corrected chi connectivity index (χ3v) is 3.98. The Labute approximate surface area is 128 Å². The number of piperidine rings is 1. The number of nitrogens with zero attached hydrogens (tertiary/aromatic N) is 1. The highest BCUT2D eigenvalue weighted by Crippen LogP contribution is 2.23. The Hall–Kier alpha value is -1.10. The van der Waals surface area contributed by atoms with E-state index >= 15 is 0 Å². The molecule has 2 unspecified atom stereocenters. The van der Waals surface area contributed by atoms with Gasteiger partial charge in [0.25, 0.3) is 0 Å². The topological polar surface area (TPSA) is 69.6 Å². The molecule has 1 fully saturated rings. The van der Waals surface area contributed by atoms with Crippen molar-refractivity contribution in [3.8, 4) is 0 Å². The Morgan fingerprint density at radius 1 is 1.29 bits per heavy atom. The van der Waals surface area contributed by atoms with Crippen molar-refractivity contribution >= 4 is 11.8 Å². The lowest BCUT2D eigenvalue weighted by molar-refractivity contribution is -0.136. The molecule has 0 bridgehead atoms. The van der Waals surface area contributed by atoms with Crippen LogP contribution in [0.3, 0.4) is 0 Å². The van der Waals surface area contributed by atoms with Crippen molar-refractivity contribution in [2.75, 3.05) is 19.7 Å². The van der Waals surface area contributed by atoms with Crippen molar-refractivity contribution in [1.82, 2.24) is 10.2 Å². The largest absolute Gasteiger partial charge is 0.396 e. The van der Waals surface area contributed by atoms with Crippen LogP contribution in [0.25, 0.3) is 0 Å². The lowest BCUT2D eigenvalue weighted by atomic mass is 9.88. The Morgan fingerprint density at radius 3 is 2.48 bits per heavy atom. The summed E-state index contributed by atoms with van der Waals surface area (Å²) >= 11 is 0.